The van der Waals surface area contributed by atoms with Crippen LogP contribution >= 0.6 is 12.6 Å². The van der Waals surface area contributed by atoms with Gasteiger partial charge in [0.2, 0.25) is 23.6 Å². The molecule has 0 bridgehead atoms. The summed E-state index contributed by atoms with van der Waals surface area (Å²) in [6, 6.07) is -5.61. The number of carbonyl (C=O) groups excluding carboxylic acids is 4. The molecule has 0 spiro atoms. The van der Waals surface area contributed by atoms with Gasteiger partial charge in [-0.2, -0.15) is 12.6 Å². The summed E-state index contributed by atoms with van der Waals surface area (Å²) in [4.78, 5) is 69.4. The predicted molar refractivity (Wildman–Crippen MR) is 108 cm³/mol. The number of amides is 4. The van der Waals surface area contributed by atoms with Gasteiger partial charge in [-0.15, -0.1) is 0 Å². The standard InChI is InChI=1S/C16H27N5O9S/c17-7(1-3-11(18)23)13(26)19-8(2-4-12(24)25)14(27)20-9(5-22)15(28)21-10(6-31)16(29)30/h7-10,22,31H,1-6,17H2,(H2,18,23)(H,19,26)(H,20,27)(H,21,28)(H,24,25)(H,29,30). The van der Waals surface area contributed by atoms with Crippen LogP contribution in [0.4, 0.5) is 0 Å². The number of nitrogens with one attached hydrogen (secondary N) is 3. The van der Waals surface area contributed by atoms with Crippen LogP contribution in [0, 0.1) is 0 Å². The Kier molecular flexibility index (Phi) is 12.8. The number of aliphatic carboxylic acids is 2. The lowest BCUT2D eigenvalue weighted by molar-refractivity contribution is -0.142. The highest BCUT2D eigenvalue weighted by Crippen LogP contribution is 2.02. The van der Waals surface area contributed by atoms with E-state index in [1.54, 1.807) is 0 Å². The van der Waals surface area contributed by atoms with Gasteiger partial charge in [-0.25, -0.2) is 4.79 Å². The summed E-state index contributed by atoms with van der Waals surface area (Å²) >= 11 is 3.77. The first-order valence-corrected chi connectivity index (χ1v) is 9.67. The highest BCUT2D eigenvalue weighted by atomic mass is 32.1. The van der Waals surface area contributed by atoms with Crippen LogP contribution in [0.15, 0.2) is 0 Å². The molecule has 0 rings (SSSR count). The van der Waals surface area contributed by atoms with Crippen molar-refractivity contribution >= 4 is 48.2 Å². The van der Waals surface area contributed by atoms with Gasteiger partial charge in [0.15, 0.2) is 0 Å². The van der Waals surface area contributed by atoms with Gasteiger partial charge in [-0.1, -0.05) is 0 Å². The highest BCUT2D eigenvalue weighted by Gasteiger charge is 2.30. The molecule has 0 fully saturated rings. The zero-order chi connectivity index (χ0) is 24.1. The number of primary amides is 1. The fraction of sp³-hybridized carbons (Fsp3) is 0.625. The minimum atomic E-state index is -1.58. The van der Waals surface area contributed by atoms with E-state index in [1.165, 1.54) is 0 Å². The number of aliphatic hydroxyl groups excluding tert-OH is 1. The number of nitrogens with two attached hydrogens (primary N) is 2. The van der Waals surface area contributed by atoms with Crippen LogP contribution in [0.5, 0.6) is 0 Å². The van der Waals surface area contributed by atoms with Crippen molar-refractivity contribution in [2.75, 3.05) is 12.4 Å². The topological polar surface area (TPSA) is 251 Å². The summed E-state index contributed by atoms with van der Waals surface area (Å²) in [6.07, 6.45) is -1.20. The number of carbonyl (C=O) groups is 6. The van der Waals surface area contributed by atoms with Gasteiger partial charge in [-0.3, -0.25) is 24.0 Å². The molecule has 0 aromatic rings. The van der Waals surface area contributed by atoms with E-state index in [-0.39, 0.29) is 25.0 Å². The largest absolute Gasteiger partial charge is 0.481 e. The lowest BCUT2D eigenvalue weighted by atomic mass is 10.1. The smallest absolute Gasteiger partial charge is 0.327 e. The molecule has 0 saturated heterocycles. The molecule has 0 heterocycles. The van der Waals surface area contributed by atoms with Crippen LogP contribution < -0.4 is 27.4 Å². The monoisotopic (exact) mass is 465 g/mol. The summed E-state index contributed by atoms with van der Waals surface area (Å²) in [5, 5.41) is 33.6. The molecule has 0 aliphatic heterocycles. The summed E-state index contributed by atoms with van der Waals surface area (Å²) < 4.78 is 0. The van der Waals surface area contributed by atoms with E-state index in [4.69, 9.17) is 21.7 Å². The molecule has 14 nitrogen and oxygen atoms in total. The van der Waals surface area contributed by atoms with Crippen LogP contribution in [-0.2, 0) is 28.8 Å². The van der Waals surface area contributed by atoms with Crippen LogP contribution in [0.3, 0.4) is 0 Å². The number of carboxylic acids is 2. The predicted octanol–water partition coefficient (Wildman–Crippen LogP) is -4.09. The molecule has 15 heteroatoms. The Morgan fingerprint density at radius 2 is 1.32 bits per heavy atom. The summed E-state index contributed by atoms with van der Waals surface area (Å²) in [5.74, 6) is -6.50. The van der Waals surface area contributed by atoms with Crippen molar-refractivity contribution in [2.45, 2.75) is 49.9 Å². The first-order valence-electron chi connectivity index (χ1n) is 9.04. The zero-order valence-electron chi connectivity index (χ0n) is 16.4. The lowest BCUT2D eigenvalue weighted by Crippen LogP contribution is -2.58. The van der Waals surface area contributed by atoms with Crippen molar-refractivity contribution in [3.8, 4) is 0 Å². The van der Waals surface area contributed by atoms with E-state index in [9.17, 15) is 33.9 Å². The maximum atomic E-state index is 12.5. The SMILES string of the molecule is NC(=O)CCC(N)C(=O)NC(CCC(=O)O)C(=O)NC(CO)C(=O)NC(CS)C(=O)O. The molecule has 0 aromatic carbocycles. The third-order valence-corrected chi connectivity index (χ3v) is 4.30. The zero-order valence-corrected chi connectivity index (χ0v) is 17.3. The Bertz CT molecular complexity index is 690. The third kappa shape index (κ3) is 11.2. The van der Waals surface area contributed by atoms with E-state index >= 15 is 0 Å². The summed E-state index contributed by atoms with van der Waals surface area (Å²) in [7, 11) is 0. The number of rotatable bonds is 15. The van der Waals surface area contributed by atoms with Crippen molar-refractivity contribution in [1.82, 2.24) is 16.0 Å². The van der Waals surface area contributed by atoms with E-state index in [0.717, 1.165) is 0 Å². The quantitative estimate of drug-likeness (QED) is 0.106. The molecule has 4 atom stereocenters. The number of thiol groups is 1. The number of hydrogen-bond acceptors (Lipinski definition) is 9. The van der Waals surface area contributed by atoms with Crippen molar-refractivity contribution in [2.24, 2.45) is 11.5 Å². The van der Waals surface area contributed by atoms with Crippen LogP contribution in [0.25, 0.3) is 0 Å². The van der Waals surface area contributed by atoms with Gasteiger partial charge in [0, 0.05) is 18.6 Å². The molecule has 176 valence electrons. The van der Waals surface area contributed by atoms with Gasteiger partial charge in [-0.05, 0) is 12.8 Å². The molecule has 0 aromatic heterocycles. The molecule has 10 N–H and O–H groups in total. The Morgan fingerprint density at radius 1 is 0.806 bits per heavy atom. The van der Waals surface area contributed by atoms with Gasteiger partial charge >= 0.3 is 11.9 Å². The molecule has 0 saturated carbocycles. The number of carboxylic acid groups (broad SMARTS) is 2. The average Bonchev–Trinajstić information content (AvgIpc) is 2.70. The Balaban J connectivity index is 5.21. The Morgan fingerprint density at radius 3 is 1.77 bits per heavy atom. The second-order valence-electron chi connectivity index (χ2n) is 6.43. The second-order valence-corrected chi connectivity index (χ2v) is 6.80. The molecule has 31 heavy (non-hydrogen) atoms. The van der Waals surface area contributed by atoms with E-state index in [2.05, 4.69) is 28.6 Å². The number of aliphatic hydroxyl groups is 1. The first-order chi connectivity index (χ1) is 14.4. The lowest BCUT2D eigenvalue weighted by Gasteiger charge is -2.23. The molecular formula is C16H27N5O9S. The van der Waals surface area contributed by atoms with Crippen LogP contribution in [0.1, 0.15) is 25.7 Å². The normalized spacial score (nSPS) is 14.4. The van der Waals surface area contributed by atoms with Crippen LogP contribution in [-0.4, -0.2) is 87.4 Å². The van der Waals surface area contributed by atoms with E-state index < -0.39 is 72.8 Å². The van der Waals surface area contributed by atoms with Gasteiger partial charge in [0.05, 0.1) is 12.6 Å². The number of hydrogen-bond donors (Lipinski definition) is 9. The molecular weight excluding hydrogens is 438 g/mol. The fourth-order valence-corrected chi connectivity index (χ4v) is 2.42. The second kappa shape index (κ2) is 14.2. The molecule has 4 unspecified atom stereocenters. The van der Waals surface area contributed by atoms with Crippen molar-refractivity contribution in [3.05, 3.63) is 0 Å². The highest BCUT2D eigenvalue weighted by molar-refractivity contribution is 7.80. The molecule has 0 aliphatic rings. The van der Waals surface area contributed by atoms with E-state index in [1.807, 2.05) is 0 Å². The van der Waals surface area contributed by atoms with Crippen LogP contribution in [0.2, 0.25) is 0 Å². The van der Waals surface area contributed by atoms with Gasteiger partial charge < -0.3 is 42.7 Å². The first kappa shape index (κ1) is 28.1. The molecule has 0 aliphatic carbocycles. The maximum absolute atomic E-state index is 12.5. The molecule has 0 radical (unpaired) electrons. The Hall–Kier alpha value is -2.91. The third-order valence-electron chi connectivity index (χ3n) is 3.93. The van der Waals surface area contributed by atoms with E-state index in [0.29, 0.717) is 0 Å². The van der Waals surface area contributed by atoms with Crippen molar-refractivity contribution in [1.29, 1.82) is 0 Å². The summed E-state index contributed by atoms with van der Waals surface area (Å²) in [5.41, 5.74) is 10.6. The Labute approximate surface area is 182 Å². The summed E-state index contributed by atoms with van der Waals surface area (Å²) in [6.45, 7) is -0.909. The average molecular weight is 465 g/mol. The molecule has 4 amide bonds. The van der Waals surface area contributed by atoms with Gasteiger partial charge in [0.1, 0.15) is 18.1 Å². The minimum Gasteiger partial charge on any atom is -0.481 e. The fourth-order valence-electron chi connectivity index (χ4n) is 2.17. The maximum Gasteiger partial charge on any atom is 0.327 e. The van der Waals surface area contributed by atoms with Crippen molar-refractivity contribution < 1.29 is 44.1 Å². The van der Waals surface area contributed by atoms with Crippen molar-refractivity contribution in [3.63, 3.8) is 0 Å². The van der Waals surface area contributed by atoms with Gasteiger partial charge in [0.25, 0.3) is 0 Å². The minimum absolute atomic E-state index is 0.115.